The molecule has 4 heteroatoms. The van der Waals surface area contributed by atoms with Gasteiger partial charge in [-0.05, 0) is 123 Å². The van der Waals surface area contributed by atoms with E-state index in [9.17, 15) is 0 Å². The van der Waals surface area contributed by atoms with E-state index in [0.29, 0.717) is 0 Å². The Morgan fingerprint density at radius 2 is 1.04 bits per heavy atom. The van der Waals surface area contributed by atoms with Crippen molar-refractivity contribution in [2.24, 2.45) is 0 Å². The lowest BCUT2D eigenvalue weighted by Crippen LogP contribution is -2.77. The Labute approximate surface area is 399 Å². The second kappa shape index (κ2) is 13.1. The molecule has 0 fully saturated rings. The first-order chi connectivity index (χ1) is 33.2. The number of hydrogen-bond donors (Lipinski definition) is 0. The Morgan fingerprint density at radius 1 is 0.471 bits per heavy atom. The van der Waals surface area contributed by atoms with Crippen LogP contribution in [0.25, 0.3) is 88.4 Å². The van der Waals surface area contributed by atoms with Gasteiger partial charge in [-0.2, -0.15) is 0 Å². The molecule has 68 heavy (non-hydrogen) atoms. The highest BCUT2D eigenvalue weighted by Crippen LogP contribution is 2.49. The van der Waals surface area contributed by atoms with E-state index >= 15 is 0 Å². The molecule has 0 saturated carbocycles. The third kappa shape index (κ3) is 4.52. The van der Waals surface area contributed by atoms with Crippen LogP contribution in [-0.2, 0) is 10.8 Å². The van der Waals surface area contributed by atoms with E-state index in [4.69, 9.17) is 0 Å². The first-order valence-corrected chi connectivity index (χ1v) is 26.9. The summed E-state index contributed by atoms with van der Waals surface area (Å²) in [5, 5.41) is 12.9. The summed E-state index contributed by atoms with van der Waals surface area (Å²) in [7, 11) is -2.97. The maximum Gasteiger partial charge on any atom is 0.252 e. The predicted molar refractivity (Wildman–Crippen MR) is 293 cm³/mol. The van der Waals surface area contributed by atoms with E-state index in [2.05, 4.69) is 227 Å². The highest BCUT2D eigenvalue weighted by atomic mass is 28.3. The highest BCUT2D eigenvalue weighted by molar-refractivity contribution is 7.24. The molecule has 0 saturated heterocycles. The fraction of sp³-hybridized carbons (Fsp3) is 0.156. The Balaban J connectivity index is 1.23. The molecule has 11 aromatic rings. The molecule has 0 aliphatic carbocycles. The second-order valence-electron chi connectivity index (χ2n) is 21.6. The molecule has 0 bridgehead atoms. The Bertz CT molecular complexity index is 4010. The van der Waals surface area contributed by atoms with Gasteiger partial charge in [-0.3, -0.25) is 0 Å². The summed E-state index contributed by atoms with van der Waals surface area (Å²) >= 11 is 0. The van der Waals surface area contributed by atoms with Gasteiger partial charge in [0.05, 0.1) is 16.7 Å². The molecule has 9 aromatic carbocycles. The minimum absolute atomic E-state index is 0.0130. The van der Waals surface area contributed by atoms with Crippen LogP contribution < -0.4 is 37.1 Å². The molecule has 0 unspecified atom stereocenters. The molecular weight excluding hydrogens is 836 g/mol. The molecule has 0 N–H and O–H groups in total. The molecule has 2 aromatic heterocycles. The largest absolute Gasteiger partial charge is 0.310 e. The van der Waals surface area contributed by atoms with Crippen molar-refractivity contribution in [3.8, 4) is 44.9 Å². The number of benzene rings is 9. The third-order valence-electron chi connectivity index (χ3n) is 17.7. The van der Waals surface area contributed by atoms with Crippen molar-refractivity contribution in [1.29, 1.82) is 0 Å². The van der Waals surface area contributed by atoms with Crippen LogP contribution in [0.15, 0.2) is 176 Å². The maximum atomic E-state index is 2.82. The molecule has 4 aliphatic heterocycles. The standard InChI is InChI=1S/C64H51BN2Si/c1-7-63(3,4)41-34-46-47-35-42(64(5,6)8-2)37-54-60(47)67-59(46)49(36-41)65-48-33-40-25-15-16-26-43(40)56-55(38-21-11-9-12-22-38)58(39-23-13-10-14-24-39)66(61(48)56)50-31-32-53(62(67)57(50)65)68(54)51-29-19-17-27-44(51)45-28-18-20-30-52(45)68/h9-37H,7-8H2,1-6H3. The number of nitrogens with zero attached hydrogens (tertiary/aromatic N) is 2. The van der Waals surface area contributed by atoms with Crippen molar-refractivity contribution in [1.82, 2.24) is 9.13 Å². The molecule has 2 nitrogen and oxygen atoms in total. The summed E-state index contributed by atoms with van der Waals surface area (Å²) in [6.07, 6.45) is 2.12. The van der Waals surface area contributed by atoms with Gasteiger partial charge in [0.15, 0.2) is 8.07 Å². The monoisotopic (exact) mass is 886 g/mol. The molecule has 324 valence electrons. The van der Waals surface area contributed by atoms with Gasteiger partial charge in [0.2, 0.25) is 0 Å². The summed E-state index contributed by atoms with van der Waals surface area (Å²) < 4.78 is 5.54. The van der Waals surface area contributed by atoms with Crippen LogP contribution in [0.2, 0.25) is 0 Å². The number of aromatic nitrogens is 2. The van der Waals surface area contributed by atoms with Crippen molar-refractivity contribution in [3.05, 3.63) is 187 Å². The number of rotatable bonds is 6. The van der Waals surface area contributed by atoms with Crippen LogP contribution in [-0.4, -0.2) is 23.9 Å². The van der Waals surface area contributed by atoms with Gasteiger partial charge in [0.1, 0.15) is 0 Å². The minimum Gasteiger partial charge on any atom is -0.310 e. The predicted octanol–water partition coefficient (Wildman–Crippen LogP) is 11.4. The van der Waals surface area contributed by atoms with Crippen molar-refractivity contribution in [3.63, 3.8) is 0 Å². The zero-order valence-electron chi connectivity index (χ0n) is 39.6. The van der Waals surface area contributed by atoms with Gasteiger partial charge in [-0.1, -0.05) is 199 Å². The van der Waals surface area contributed by atoms with Gasteiger partial charge in [0, 0.05) is 38.6 Å². The van der Waals surface area contributed by atoms with Gasteiger partial charge in [-0.15, -0.1) is 0 Å². The summed E-state index contributed by atoms with van der Waals surface area (Å²) in [6, 6.07) is 69.1. The smallest absolute Gasteiger partial charge is 0.252 e. The Hall–Kier alpha value is -7.14. The first kappa shape index (κ1) is 38.9. The summed E-state index contributed by atoms with van der Waals surface area (Å²) in [6.45, 7) is 14.6. The van der Waals surface area contributed by atoms with Gasteiger partial charge < -0.3 is 9.13 Å². The average Bonchev–Trinajstić information content (AvgIpc) is 4.02. The van der Waals surface area contributed by atoms with E-state index in [1.165, 1.54) is 131 Å². The number of hydrogen-bond acceptors (Lipinski definition) is 0. The lowest BCUT2D eigenvalue weighted by atomic mass is 9.34. The quantitative estimate of drug-likeness (QED) is 0.147. The van der Waals surface area contributed by atoms with Crippen molar-refractivity contribution in [2.75, 3.05) is 0 Å². The normalized spacial score (nSPS) is 14.5. The zero-order valence-corrected chi connectivity index (χ0v) is 40.6. The van der Waals surface area contributed by atoms with Crippen LogP contribution in [0.5, 0.6) is 0 Å². The average molecular weight is 887 g/mol. The van der Waals surface area contributed by atoms with Crippen LogP contribution in [0.4, 0.5) is 0 Å². The molecule has 0 amide bonds. The van der Waals surface area contributed by atoms with Crippen molar-refractivity contribution >= 4 is 95.4 Å². The molecule has 1 spiro atoms. The van der Waals surface area contributed by atoms with Crippen LogP contribution in [0, 0.1) is 0 Å². The molecule has 0 atom stereocenters. The second-order valence-corrected chi connectivity index (χ2v) is 25.2. The summed E-state index contributed by atoms with van der Waals surface area (Å²) in [4.78, 5) is 0. The molecule has 0 radical (unpaired) electrons. The highest BCUT2D eigenvalue weighted by Gasteiger charge is 2.56. The zero-order chi connectivity index (χ0) is 45.6. The van der Waals surface area contributed by atoms with E-state index in [-0.39, 0.29) is 17.5 Å². The number of fused-ring (bicyclic) bond motifs is 13. The van der Waals surface area contributed by atoms with E-state index in [0.717, 1.165) is 12.8 Å². The van der Waals surface area contributed by atoms with Crippen LogP contribution >= 0.6 is 0 Å². The fourth-order valence-electron chi connectivity index (χ4n) is 13.7. The summed E-state index contributed by atoms with van der Waals surface area (Å²) in [5.74, 6) is 0. The fourth-order valence-corrected chi connectivity index (χ4v) is 19.3. The first-order valence-electron chi connectivity index (χ1n) is 24.9. The third-order valence-corrected chi connectivity index (χ3v) is 22.6. The van der Waals surface area contributed by atoms with Gasteiger partial charge in [0.25, 0.3) is 6.71 Å². The van der Waals surface area contributed by atoms with Crippen molar-refractivity contribution < 1.29 is 0 Å². The SMILES string of the molecule is CCC(C)(C)c1cc2c3c(c1)c1cc(C(C)(C)CC)cc4c1n3-c1c(ccc3c1B2c1cc2ccccc2c2c(-c5ccccc5)c(-c5ccccc5)n-3c12)[Si]41c2ccccc2-c2ccccc21. The lowest BCUT2D eigenvalue weighted by Gasteiger charge is -2.43. The molecule has 15 rings (SSSR count). The molecule has 6 heterocycles. The Kier molecular flexibility index (Phi) is 7.49. The van der Waals surface area contributed by atoms with Gasteiger partial charge in [-0.25, -0.2) is 0 Å². The summed E-state index contributed by atoms with van der Waals surface area (Å²) in [5.41, 5.74) is 21.9. The van der Waals surface area contributed by atoms with Crippen molar-refractivity contribution in [2.45, 2.75) is 65.2 Å². The lowest BCUT2D eigenvalue weighted by molar-refractivity contribution is 0.507. The van der Waals surface area contributed by atoms with Gasteiger partial charge >= 0.3 is 0 Å². The van der Waals surface area contributed by atoms with E-state index in [1.807, 2.05) is 0 Å². The minimum atomic E-state index is -2.97. The van der Waals surface area contributed by atoms with Crippen LogP contribution in [0.1, 0.15) is 65.5 Å². The molecule has 4 aliphatic rings. The maximum absolute atomic E-state index is 2.97. The van der Waals surface area contributed by atoms with Crippen LogP contribution in [0.3, 0.4) is 0 Å². The van der Waals surface area contributed by atoms with E-state index < -0.39 is 8.07 Å². The van der Waals surface area contributed by atoms with E-state index in [1.54, 1.807) is 5.19 Å². The Morgan fingerprint density at radius 3 is 1.72 bits per heavy atom. The molecular formula is C64H51BN2Si. The topological polar surface area (TPSA) is 9.86 Å².